The van der Waals surface area contributed by atoms with Gasteiger partial charge in [-0.1, -0.05) is 28.6 Å². The summed E-state index contributed by atoms with van der Waals surface area (Å²) in [5, 5.41) is 7.83. The quantitative estimate of drug-likeness (QED) is 0.760. The van der Waals surface area contributed by atoms with E-state index in [1.807, 2.05) is 19.1 Å². The van der Waals surface area contributed by atoms with Crippen LogP contribution in [0.3, 0.4) is 0 Å². The lowest BCUT2D eigenvalue weighted by Gasteiger charge is -2.08. The van der Waals surface area contributed by atoms with Gasteiger partial charge < -0.3 is 5.32 Å². The zero-order valence-corrected chi connectivity index (χ0v) is 9.42. The van der Waals surface area contributed by atoms with Gasteiger partial charge in [0, 0.05) is 12.1 Å². The SMILES string of the molecule is Cc1ccccc1C(=O)NC[C@@H](CN=O)N=O. The highest BCUT2D eigenvalue weighted by Gasteiger charge is 2.12. The molecule has 1 amide bonds. The van der Waals surface area contributed by atoms with Crippen molar-refractivity contribution in [1.82, 2.24) is 5.32 Å². The topological polar surface area (TPSA) is 88.0 Å². The minimum atomic E-state index is -0.805. The van der Waals surface area contributed by atoms with Crippen LogP contribution in [-0.4, -0.2) is 25.0 Å². The van der Waals surface area contributed by atoms with Gasteiger partial charge in [0.2, 0.25) is 0 Å². The molecule has 0 aliphatic carbocycles. The molecule has 1 N–H and O–H groups in total. The number of carbonyl (C=O) groups excluding carboxylic acids is 1. The molecule has 1 rings (SSSR count). The van der Waals surface area contributed by atoms with Crippen LogP contribution in [0.4, 0.5) is 0 Å². The summed E-state index contributed by atoms with van der Waals surface area (Å²) in [6, 6.07) is 6.28. The second-order valence-electron chi connectivity index (χ2n) is 3.60. The first kappa shape index (κ1) is 13.0. The Balaban J connectivity index is 2.58. The summed E-state index contributed by atoms with van der Waals surface area (Å²) in [6.45, 7) is 1.61. The molecule has 0 saturated carbocycles. The van der Waals surface area contributed by atoms with Crippen LogP contribution in [0.2, 0.25) is 0 Å². The summed E-state index contributed by atoms with van der Waals surface area (Å²) in [7, 11) is 0. The van der Waals surface area contributed by atoms with Crippen molar-refractivity contribution in [3.05, 3.63) is 45.2 Å². The van der Waals surface area contributed by atoms with Crippen LogP contribution in [0.1, 0.15) is 15.9 Å². The fourth-order valence-corrected chi connectivity index (χ4v) is 1.35. The largest absolute Gasteiger partial charge is 0.350 e. The molecule has 0 heterocycles. The minimum Gasteiger partial charge on any atom is -0.350 e. The Morgan fingerprint density at radius 1 is 1.35 bits per heavy atom. The summed E-state index contributed by atoms with van der Waals surface area (Å²) < 4.78 is 0. The van der Waals surface area contributed by atoms with Crippen LogP contribution in [0.25, 0.3) is 0 Å². The summed E-state index contributed by atoms with van der Waals surface area (Å²) in [5.41, 5.74) is 1.38. The summed E-state index contributed by atoms with van der Waals surface area (Å²) in [5.74, 6) is -0.289. The van der Waals surface area contributed by atoms with Crippen LogP contribution >= 0.6 is 0 Å². The maximum absolute atomic E-state index is 11.7. The molecule has 0 unspecified atom stereocenters. The molecular weight excluding hydrogens is 222 g/mol. The van der Waals surface area contributed by atoms with Crippen molar-refractivity contribution in [3.63, 3.8) is 0 Å². The molecule has 1 aromatic carbocycles. The van der Waals surface area contributed by atoms with Gasteiger partial charge in [-0.25, -0.2) is 0 Å². The van der Waals surface area contributed by atoms with Crippen molar-refractivity contribution in [3.8, 4) is 0 Å². The minimum absolute atomic E-state index is 0.0163. The second kappa shape index (κ2) is 6.47. The Labute approximate surface area is 98.4 Å². The van der Waals surface area contributed by atoms with E-state index in [1.54, 1.807) is 12.1 Å². The van der Waals surface area contributed by atoms with Crippen LogP contribution in [-0.2, 0) is 0 Å². The Morgan fingerprint density at radius 2 is 2.06 bits per heavy atom. The number of amides is 1. The van der Waals surface area contributed by atoms with Crippen molar-refractivity contribution < 1.29 is 4.79 Å². The first-order valence-electron chi connectivity index (χ1n) is 5.14. The van der Waals surface area contributed by atoms with Gasteiger partial charge in [-0.15, -0.1) is 0 Å². The molecule has 0 aliphatic rings. The number of nitroso groups, excluding NO2 is 2. The molecule has 1 aromatic rings. The standard InChI is InChI=1S/C11H13N3O3/c1-8-4-2-3-5-10(8)11(15)12-6-9(14-17)7-13-16/h2-5,9H,6-7H2,1H3,(H,12,15)/t9-/m0/s1. The number of carbonyl (C=O) groups is 1. The van der Waals surface area contributed by atoms with Crippen molar-refractivity contribution in [2.24, 2.45) is 10.4 Å². The van der Waals surface area contributed by atoms with Crippen molar-refractivity contribution in [2.45, 2.75) is 13.0 Å². The summed E-state index contributed by atoms with van der Waals surface area (Å²) >= 11 is 0. The zero-order valence-electron chi connectivity index (χ0n) is 9.42. The third-order valence-corrected chi connectivity index (χ3v) is 2.32. The lowest BCUT2D eigenvalue weighted by atomic mass is 10.1. The molecule has 0 saturated heterocycles. The van der Waals surface area contributed by atoms with E-state index < -0.39 is 6.04 Å². The van der Waals surface area contributed by atoms with Gasteiger partial charge in [0.1, 0.15) is 12.6 Å². The second-order valence-corrected chi connectivity index (χ2v) is 3.60. The molecule has 1 atom stereocenters. The Hall–Kier alpha value is -2.11. The van der Waals surface area contributed by atoms with E-state index in [1.165, 1.54) is 0 Å². The smallest absolute Gasteiger partial charge is 0.251 e. The number of benzene rings is 1. The van der Waals surface area contributed by atoms with E-state index in [0.29, 0.717) is 5.56 Å². The van der Waals surface area contributed by atoms with Crippen molar-refractivity contribution in [2.75, 3.05) is 13.1 Å². The molecule has 17 heavy (non-hydrogen) atoms. The van der Waals surface area contributed by atoms with E-state index in [-0.39, 0.29) is 19.0 Å². The van der Waals surface area contributed by atoms with Gasteiger partial charge in [0.25, 0.3) is 5.91 Å². The average molecular weight is 235 g/mol. The normalized spacial score (nSPS) is 11.6. The predicted molar refractivity (Wildman–Crippen MR) is 63.8 cm³/mol. The molecule has 6 nitrogen and oxygen atoms in total. The lowest BCUT2D eigenvalue weighted by molar-refractivity contribution is 0.0951. The molecule has 0 radical (unpaired) electrons. The Morgan fingerprint density at radius 3 is 2.65 bits per heavy atom. The monoisotopic (exact) mass is 235 g/mol. The molecule has 90 valence electrons. The fraction of sp³-hybridized carbons (Fsp3) is 0.364. The van der Waals surface area contributed by atoms with E-state index in [0.717, 1.165) is 5.56 Å². The number of nitrogens with zero attached hydrogens (tertiary/aromatic N) is 2. The Kier molecular flexibility index (Phi) is 4.93. The van der Waals surface area contributed by atoms with E-state index in [2.05, 4.69) is 15.7 Å². The average Bonchev–Trinajstić information content (AvgIpc) is 2.34. The van der Waals surface area contributed by atoms with Gasteiger partial charge in [0.15, 0.2) is 0 Å². The maximum atomic E-state index is 11.7. The first-order valence-corrected chi connectivity index (χ1v) is 5.14. The summed E-state index contributed by atoms with van der Waals surface area (Å²) in [6.07, 6.45) is 0. The molecule has 0 spiro atoms. The number of aryl methyl sites for hydroxylation is 1. The van der Waals surface area contributed by atoms with Gasteiger partial charge in [-0.05, 0) is 18.6 Å². The third-order valence-electron chi connectivity index (χ3n) is 2.32. The lowest BCUT2D eigenvalue weighted by Crippen LogP contribution is -2.32. The highest BCUT2D eigenvalue weighted by Crippen LogP contribution is 2.06. The molecule has 0 aliphatic heterocycles. The van der Waals surface area contributed by atoms with Gasteiger partial charge in [-0.3, -0.25) is 4.79 Å². The number of hydrogen-bond donors (Lipinski definition) is 1. The summed E-state index contributed by atoms with van der Waals surface area (Å²) in [4.78, 5) is 32.0. The van der Waals surface area contributed by atoms with E-state index in [9.17, 15) is 14.6 Å². The number of rotatable bonds is 6. The molecule has 0 aromatic heterocycles. The predicted octanol–water partition coefficient (Wildman–Crippen LogP) is 1.63. The molecule has 6 heteroatoms. The first-order chi connectivity index (χ1) is 8.19. The highest BCUT2D eigenvalue weighted by molar-refractivity contribution is 5.95. The van der Waals surface area contributed by atoms with Crippen LogP contribution in [0.5, 0.6) is 0 Å². The fourth-order valence-electron chi connectivity index (χ4n) is 1.35. The van der Waals surface area contributed by atoms with Gasteiger partial charge in [0.05, 0.1) is 0 Å². The van der Waals surface area contributed by atoms with E-state index >= 15 is 0 Å². The van der Waals surface area contributed by atoms with Crippen LogP contribution < -0.4 is 5.32 Å². The van der Waals surface area contributed by atoms with Gasteiger partial charge >= 0.3 is 0 Å². The Bertz CT molecular complexity index is 420. The zero-order chi connectivity index (χ0) is 12.7. The van der Waals surface area contributed by atoms with Crippen molar-refractivity contribution >= 4 is 5.91 Å². The van der Waals surface area contributed by atoms with Crippen LogP contribution in [0.15, 0.2) is 34.6 Å². The maximum Gasteiger partial charge on any atom is 0.251 e. The van der Waals surface area contributed by atoms with Crippen LogP contribution in [0, 0.1) is 16.7 Å². The molecular formula is C11H13N3O3. The number of hydrogen-bond acceptors (Lipinski definition) is 5. The third kappa shape index (κ3) is 3.75. The number of nitrogens with one attached hydrogen (secondary N) is 1. The molecule has 0 bridgehead atoms. The molecule has 0 fully saturated rings. The van der Waals surface area contributed by atoms with E-state index in [4.69, 9.17) is 0 Å². The van der Waals surface area contributed by atoms with Crippen molar-refractivity contribution in [1.29, 1.82) is 0 Å². The highest BCUT2D eigenvalue weighted by atomic mass is 16.3. The van der Waals surface area contributed by atoms with Gasteiger partial charge in [-0.2, -0.15) is 9.81 Å².